The van der Waals surface area contributed by atoms with Gasteiger partial charge in [-0.3, -0.25) is 0 Å². The SMILES string of the molecule is COc1cccc(OC)c1-c1ccc(C)cc1N. The van der Waals surface area contributed by atoms with Gasteiger partial charge in [0, 0.05) is 11.3 Å². The summed E-state index contributed by atoms with van der Waals surface area (Å²) in [6, 6.07) is 11.7. The molecule has 0 unspecified atom stereocenters. The predicted molar refractivity (Wildman–Crippen MR) is 74.1 cm³/mol. The van der Waals surface area contributed by atoms with E-state index >= 15 is 0 Å². The van der Waals surface area contributed by atoms with Crippen LogP contribution in [0.3, 0.4) is 0 Å². The van der Waals surface area contributed by atoms with Gasteiger partial charge in [-0.25, -0.2) is 0 Å². The van der Waals surface area contributed by atoms with Crippen molar-refractivity contribution in [3.8, 4) is 22.6 Å². The quantitative estimate of drug-likeness (QED) is 0.841. The molecule has 0 fully saturated rings. The van der Waals surface area contributed by atoms with E-state index in [1.165, 1.54) is 0 Å². The second kappa shape index (κ2) is 5.00. The van der Waals surface area contributed by atoms with Crippen molar-refractivity contribution in [1.29, 1.82) is 0 Å². The van der Waals surface area contributed by atoms with E-state index in [0.29, 0.717) is 0 Å². The Morgan fingerprint density at radius 1 is 0.944 bits per heavy atom. The standard InChI is InChI=1S/C15H17NO2/c1-10-7-8-11(12(16)9-10)15-13(17-2)5-4-6-14(15)18-3/h4-9H,16H2,1-3H3. The second-order valence-electron chi connectivity index (χ2n) is 4.13. The summed E-state index contributed by atoms with van der Waals surface area (Å²) >= 11 is 0. The highest BCUT2D eigenvalue weighted by Gasteiger charge is 2.14. The lowest BCUT2D eigenvalue weighted by Gasteiger charge is -2.15. The largest absolute Gasteiger partial charge is 0.496 e. The van der Waals surface area contributed by atoms with Crippen LogP contribution in [0.1, 0.15) is 5.56 Å². The number of ether oxygens (including phenoxy) is 2. The van der Waals surface area contributed by atoms with Gasteiger partial charge in [0.1, 0.15) is 11.5 Å². The zero-order valence-corrected chi connectivity index (χ0v) is 10.9. The van der Waals surface area contributed by atoms with Crippen molar-refractivity contribution in [3.63, 3.8) is 0 Å². The summed E-state index contributed by atoms with van der Waals surface area (Å²) in [6.45, 7) is 2.01. The molecule has 0 aromatic heterocycles. The maximum absolute atomic E-state index is 6.09. The number of nitrogen functional groups attached to an aromatic ring is 1. The molecular formula is C15H17NO2. The average Bonchev–Trinajstić information content (AvgIpc) is 2.38. The van der Waals surface area contributed by atoms with Gasteiger partial charge >= 0.3 is 0 Å². The van der Waals surface area contributed by atoms with Crippen LogP contribution in [0.2, 0.25) is 0 Å². The summed E-state index contributed by atoms with van der Waals surface area (Å²) in [4.78, 5) is 0. The predicted octanol–water partition coefficient (Wildman–Crippen LogP) is 3.26. The number of methoxy groups -OCH3 is 2. The molecule has 2 aromatic rings. The highest BCUT2D eigenvalue weighted by molar-refractivity contribution is 5.85. The summed E-state index contributed by atoms with van der Waals surface area (Å²) in [7, 11) is 3.28. The maximum atomic E-state index is 6.09. The molecule has 0 bridgehead atoms. The van der Waals surface area contributed by atoms with Crippen LogP contribution in [-0.2, 0) is 0 Å². The van der Waals surface area contributed by atoms with Crippen LogP contribution in [-0.4, -0.2) is 14.2 Å². The van der Waals surface area contributed by atoms with E-state index in [1.54, 1.807) is 14.2 Å². The Labute approximate surface area is 107 Å². The third kappa shape index (κ3) is 2.12. The van der Waals surface area contributed by atoms with Gasteiger partial charge in [-0.1, -0.05) is 18.2 Å². The average molecular weight is 243 g/mol. The normalized spacial score (nSPS) is 10.2. The number of aryl methyl sites for hydroxylation is 1. The number of hydrogen-bond acceptors (Lipinski definition) is 3. The van der Waals surface area contributed by atoms with Crippen LogP contribution in [0.15, 0.2) is 36.4 Å². The Kier molecular flexibility index (Phi) is 3.42. The van der Waals surface area contributed by atoms with E-state index in [0.717, 1.165) is 33.9 Å². The molecule has 0 saturated heterocycles. The minimum atomic E-state index is 0.720. The Balaban J connectivity index is 2.68. The Bertz CT molecular complexity index is 542. The zero-order valence-electron chi connectivity index (χ0n) is 10.9. The molecule has 0 amide bonds. The monoisotopic (exact) mass is 243 g/mol. The fourth-order valence-electron chi connectivity index (χ4n) is 2.03. The Morgan fingerprint density at radius 2 is 1.56 bits per heavy atom. The lowest BCUT2D eigenvalue weighted by molar-refractivity contribution is 0.397. The van der Waals surface area contributed by atoms with Crippen LogP contribution in [0, 0.1) is 6.92 Å². The number of benzene rings is 2. The second-order valence-corrected chi connectivity index (χ2v) is 4.13. The molecule has 0 aliphatic heterocycles. The van der Waals surface area contributed by atoms with Crippen molar-refractivity contribution in [2.75, 3.05) is 20.0 Å². The lowest BCUT2D eigenvalue weighted by Crippen LogP contribution is -1.96. The van der Waals surface area contributed by atoms with Gasteiger partial charge in [-0.2, -0.15) is 0 Å². The molecule has 2 N–H and O–H groups in total. The summed E-state index contributed by atoms with van der Waals surface area (Å²) in [5.41, 5.74) is 9.75. The molecule has 94 valence electrons. The first-order valence-electron chi connectivity index (χ1n) is 5.75. The Morgan fingerprint density at radius 3 is 2.06 bits per heavy atom. The molecule has 18 heavy (non-hydrogen) atoms. The van der Waals surface area contributed by atoms with Crippen molar-refractivity contribution in [1.82, 2.24) is 0 Å². The molecule has 0 radical (unpaired) electrons. The van der Waals surface area contributed by atoms with Crippen molar-refractivity contribution in [3.05, 3.63) is 42.0 Å². The fourth-order valence-corrected chi connectivity index (χ4v) is 2.03. The third-order valence-corrected chi connectivity index (χ3v) is 2.90. The third-order valence-electron chi connectivity index (χ3n) is 2.90. The van der Waals surface area contributed by atoms with E-state index in [2.05, 4.69) is 0 Å². The summed E-state index contributed by atoms with van der Waals surface area (Å²) < 4.78 is 10.8. The first-order valence-corrected chi connectivity index (χ1v) is 5.75. The molecular weight excluding hydrogens is 226 g/mol. The molecule has 3 nitrogen and oxygen atoms in total. The van der Waals surface area contributed by atoms with Gasteiger partial charge in [0.05, 0.1) is 19.8 Å². The first kappa shape index (κ1) is 12.3. The van der Waals surface area contributed by atoms with Crippen molar-refractivity contribution in [2.24, 2.45) is 0 Å². The van der Waals surface area contributed by atoms with Crippen molar-refractivity contribution < 1.29 is 9.47 Å². The number of anilines is 1. The van der Waals surface area contributed by atoms with E-state index < -0.39 is 0 Å². The number of nitrogens with two attached hydrogens (primary N) is 1. The van der Waals surface area contributed by atoms with Crippen LogP contribution in [0.5, 0.6) is 11.5 Å². The van der Waals surface area contributed by atoms with Gasteiger partial charge in [-0.15, -0.1) is 0 Å². The maximum Gasteiger partial charge on any atom is 0.130 e. The van der Waals surface area contributed by atoms with E-state index in [-0.39, 0.29) is 0 Å². The summed E-state index contributed by atoms with van der Waals surface area (Å²) in [5, 5.41) is 0. The Hall–Kier alpha value is -2.16. The van der Waals surface area contributed by atoms with Crippen LogP contribution >= 0.6 is 0 Å². The fraction of sp³-hybridized carbons (Fsp3) is 0.200. The summed E-state index contributed by atoms with van der Waals surface area (Å²) in [5.74, 6) is 1.51. The number of hydrogen-bond donors (Lipinski definition) is 1. The highest BCUT2D eigenvalue weighted by atomic mass is 16.5. The smallest absolute Gasteiger partial charge is 0.130 e. The van der Waals surface area contributed by atoms with Crippen molar-refractivity contribution >= 4 is 5.69 Å². The van der Waals surface area contributed by atoms with E-state index in [1.807, 2.05) is 43.3 Å². The van der Waals surface area contributed by atoms with Crippen molar-refractivity contribution in [2.45, 2.75) is 6.92 Å². The van der Waals surface area contributed by atoms with Crippen LogP contribution < -0.4 is 15.2 Å². The number of rotatable bonds is 3. The molecule has 2 aromatic carbocycles. The minimum Gasteiger partial charge on any atom is -0.496 e. The molecule has 0 aliphatic rings. The molecule has 0 saturated carbocycles. The van der Waals surface area contributed by atoms with E-state index in [4.69, 9.17) is 15.2 Å². The van der Waals surface area contributed by atoms with Gasteiger partial charge in [0.15, 0.2) is 0 Å². The van der Waals surface area contributed by atoms with Gasteiger partial charge < -0.3 is 15.2 Å². The molecule has 3 heteroatoms. The van der Waals surface area contributed by atoms with Gasteiger partial charge in [-0.05, 0) is 30.7 Å². The molecule has 2 rings (SSSR count). The highest BCUT2D eigenvalue weighted by Crippen LogP contribution is 2.40. The molecule has 0 spiro atoms. The molecule has 0 atom stereocenters. The van der Waals surface area contributed by atoms with Crippen LogP contribution in [0.25, 0.3) is 11.1 Å². The minimum absolute atomic E-state index is 0.720. The summed E-state index contributed by atoms with van der Waals surface area (Å²) in [6.07, 6.45) is 0. The zero-order chi connectivity index (χ0) is 13.1. The van der Waals surface area contributed by atoms with Crippen LogP contribution in [0.4, 0.5) is 5.69 Å². The first-order chi connectivity index (χ1) is 8.67. The molecule has 0 aliphatic carbocycles. The van der Waals surface area contributed by atoms with Gasteiger partial charge in [0.25, 0.3) is 0 Å². The van der Waals surface area contributed by atoms with Gasteiger partial charge in [0.2, 0.25) is 0 Å². The molecule has 0 heterocycles. The van der Waals surface area contributed by atoms with E-state index in [9.17, 15) is 0 Å². The lowest BCUT2D eigenvalue weighted by atomic mass is 10.00. The topological polar surface area (TPSA) is 44.5 Å².